The van der Waals surface area contributed by atoms with Crippen LogP contribution in [0.5, 0.6) is 11.5 Å². The van der Waals surface area contributed by atoms with E-state index >= 15 is 0 Å². The average molecular weight is 388 g/mol. The number of para-hydroxylation sites is 1. The third-order valence-electron chi connectivity index (χ3n) is 4.56. The number of benzene rings is 2. The first-order valence-electron chi connectivity index (χ1n) is 9.07. The maximum atomic E-state index is 12.7. The summed E-state index contributed by atoms with van der Waals surface area (Å²) in [7, 11) is 3.15. The molecule has 2 heterocycles. The van der Waals surface area contributed by atoms with Gasteiger partial charge in [-0.25, -0.2) is 9.97 Å². The van der Waals surface area contributed by atoms with Crippen LogP contribution in [0.25, 0.3) is 16.7 Å². The van der Waals surface area contributed by atoms with Crippen molar-refractivity contribution in [2.24, 2.45) is 0 Å². The van der Waals surface area contributed by atoms with Crippen molar-refractivity contribution in [3.63, 3.8) is 0 Å². The largest absolute Gasteiger partial charge is 0.493 e. The van der Waals surface area contributed by atoms with Crippen molar-refractivity contribution in [2.75, 3.05) is 19.5 Å². The molecule has 1 amide bonds. The monoisotopic (exact) mass is 388 g/mol. The number of carbonyl (C=O) groups is 1. The highest BCUT2D eigenvalue weighted by molar-refractivity contribution is 6.01. The van der Waals surface area contributed by atoms with Gasteiger partial charge < -0.3 is 14.8 Å². The lowest BCUT2D eigenvalue weighted by atomic mass is 10.1. The first kappa shape index (κ1) is 18.5. The van der Waals surface area contributed by atoms with E-state index in [0.717, 1.165) is 22.3 Å². The summed E-state index contributed by atoms with van der Waals surface area (Å²) in [4.78, 5) is 21.4. The number of fused-ring (bicyclic) bond motifs is 1. The van der Waals surface area contributed by atoms with Crippen LogP contribution in [0.4, 0.5) is 5.69 Å². The number of rotatable bonds is 6. The number of amides is 1. The van der Waals surface area contributed by atoms with Gasteiger partial charge in [0.05, 0.1) is 31.8 Å². The molecule has 1 N–H and O–H groups in total. The topological polar surface area (TPSA) is 78.3 Å². The van der Waals surface area contributed by atoms with Gasteiger partial charge in [0.15, 0.2) is 11.5 Å². The molecule has 0 radical (unpaired) electrons. The maximum absolute atomic E-state index is 12.7. The Hall–Kier alpha value is -3.87. The highest BCUT2D eigenvalue weighted by Crippen LogP contribution is 2.28. The second-order valence-corrected chi connectivity index (χ2v) is 6.43. The molecular formula is C22H20N4O3. The van der Waals surface area contributed by atoms with Gasteiger partial charge in [0, 0.05) is 17.8 Å². The molecule has 2 aromatic heterocycles. The summed E-state index contributed by atoms with van der Waals surface area (Å²) in [5, 5.41) is 3.92. The standard InChI is InChI=1S/C22H20N4O3/c1-28-18-8-6-15(12-19(18)29-2)13-21(27)24-17-5-3-4-16-7-9-20(25-22(16)17)26-11-10-23-14-26/h3-12,14H,13H2,1-2H3,(H,24,27). The Labute approximate surface area is 167 Å². The molecule has 0 aliphatic carbocycles. The van der Waals surface area contributed by atoms with Crippen molar-refractivity contribution in [3.8, 4) is 17.3 Å². The Morgan fingerprint density at radius 3 is 2.69 bits per heavy atom. The fourth-order valence-corrected chi connectivity index (χ4v) is 3.15. The number of nitrogens with one attached hydrogen (secondary N) is 1. The molecular weight excluding hydrogens is 368 g/mol. The van der Waals surface area contributed by atoms with Gasteiger partial charge in [-0.05, 0) is 35.9 Å². The van der Waals surface area contributed by atoms with Crippen LogP contribution < -0.4 is 14.8 Å². The molecule has 0 saturated heterocycles. The maximum Gasteiger partial charge on any atom is 0.228 e. The molecule has 4 rings (SSSR count). The van der Waals surface area contributed by atoms with E-state index in [9.17, 15) is 4.79 Å². The van der Waals surface area contributed by atoms with Gasteiger partial charge >= 0.3 is 0 Å². The minimum atomic E-state index is -0.139. The lowest BCUT2D eigenvalue weighted by Crippen LogP contribution is -2.15. The number of imidazole rings is 1. The SMILES string of the molecule is COc1ccc(CC(=O)Nc2cccc3ccc(-n4ccnc4)nc23)cc1OC. The van der Waals surface area contributed by atoms with Gasteiger partial charge in [-0.15, -0.1) is 0 Å². The van der Waals surface area contributed by atoms with Crippen LogP contribution in [-0.4, -0.2) is 34.7 Å². The van der Waals surface area contributed by atoms with Crippen LogP contribution in [0.1, 0.15) is 5.56 Å². The Balaban J connectivity index is 1.58. The highest BCUT2D eigenvalue weighted by Gasteiger charge is 2.11. The van der Waals surface area contributed by atoms with Gasteiger partial charge in [0.1, 0.15) is 12.1 Å². The van der Waals surface area contributed by atoms with E-state index in [1.165, 1.54) is 0 Å². The molecule has 7 nitrogen and oxygen atoms in total. The van der Waals surface area contributed by atoms with Gasteiger partial charge in [-0.3, -0.25) is 9.36 Å². The van der Waals surface area contributed by atoms with Crippen LogP contribution in [0.2, 0.25) is 0 Å². The van der Waals surface area contributed by atoms with Crippen LogP contribution >= 0.6 is 0 Å². The fourth-order valence-electron chi connectivity index (χ4n) is 3.15. The summed E-state index contributed by atoms with van der Waals surface area (Å²) in [6.45, 7) is 0. The van der Waals surface area contributed by atoms with Crippen LogP contribution in [0.15, 0.2) is 67.3 Å². The molecule has 0 unspecified atom stereocenters. The molecule has 0 saturated carbocycles. The molecule has 7 heteroatoms. The molecule has 4 aromatic rings. The second kappa shape index (κ2) is 8.02. The minimum absolute atomic E-state index is 0.139. The normalized spacial score (nSPS) is 10.7. The van der Waals surface area contributed by atoms with E-state index in [-0.39, 0.29) is 12.3 Å². The number of carbonyl (C=O) groups excluding carboxylic acids is 1. The lowest BCUT2D eigenvalue weighted by Gasteiger charge is -2.11. The number of methoxy groups -OCH3 is 2. The summed E-state index contributed by atoms with van der Waals surface area (Å²) in [5.41, 5.74) is 2.21. The molecule has 0 aliphatic rings. The smallest absolute Gasteiger partial charge is 0.228 e. The van der Waals surface area contributed by atoms with Crippen molar-refractivity contribution < 1.29 is 14.3 Å². The summed E-state index contributed by atoms with van der Waals surface area (Å²) in [6, 6.07) is 15.0. The van der Waals surface area contributed by atoms with Crippen LogP contribution in [0, 0.1) is 0 Å². The third-order valence-corrected chi connectivity index (χ3v) is 4.56. The average Bonchev–Trinajstić information content (AvgIpc) is 3.28. The van der Waals surface area contributed by atoms with Gasteiger partial charge in [-0.2, -0.15) is 0 Å². The number of hydrogen-bond acceptors (Lipinski definition) is 5. The molecule has 0 atom stereocenters. The van der Waals surface area contributed by atoms with Gasteiger partial charge in [0.25, 0.3) is 0 Å². The first-order valence-corrected chi connectivity index (χ1v) is 9.07. The van der Waals surface area contributed by atoms with E-state index in [0.29, 0.717) is 17.2 Å². The van der Waals surface area contributed by atoms with Crippen LogP contribution in [-0.2, 0) is 11.2 Å². The Bertz CT molecular complexity index is 1160. The number of nitrogens with zero attached hydrogens (tertiary/aromatic N) is 3. The summed E-state index contributed by atoms with van der Waals surface area (Å²) < 4.78 is 12.4. The summed E-state index contributed by atoms with van der Waals surface area (Å²) >= 11 is 0. The predicted octanol–water partition coefficient (Wildman–Crippen LogP) is 3.62. The van der Waals surface area contributed by atoms with Crippen molar-refractivity contribution in [1.82, 2.24) is 14.5 Å². The van der Waals surface area contributed by atoms with Gasteiger partial charge in [-0.1, -0.05) is 18.2 Å². The van der Waals surface area contributed by atoms with E-state index in [4.69, 9.17) is 14.5 Å². The quantitative estimate of drug-likeness (QED) is 0.546. The van der Waals surface area contributed by atoms with E-state index in [1.54, 1.807) is 38.9 Å². The molecule has 0 fully saturated rings. The molecule has 29 heavy (non-hydrogen) atoms. The highest BCUT2D eigenvalue weighted by atomic mass is 16.5. The molecule has 0 spiro atoms. The Kier molecular flexibility index (Phi) is 5.11. The molecule has 0 bridgehead atoms. The van der Waals surface area contributed by atoms with E-state index < -0.39 is 0 Å². The van der Waals surface area contributed by atoms with Crippen molar-refractivity contribution in [3.05, 3.63) is 72.8 Å². The lowest BCUT2D eigenvalue weighted by molar-refractivity contribution is -0.115. The van der Waals surface area contributed by atoms with E-state index in [1.807, 2.05) is 47.2 Å². The van der Waals surface area contributed by atoms with Crippen molar-refractivity contribution in [1.29, 1.82) is 0 Å². The fraction of sp³-hybridized carbons (Fsp3) is 0.136. The number of aromatic nitrogens is 3. The van der Waals surface area contributed by atoms with Crippen molar-refractivity contribution in [2.45, 2.75) is 6.42 Å². The predicted molar refractivity (Wildman–Crippen MR) is 111 cm³/mol. The zero-order valence-electron chi connectivity index (χ0n) is 16.1. The summed E-state index contributed by atoms with van der Waals surface area (Å²) in [5.74, 6) is 1.81. The Morgan fingerprint density at radius 2 is 1.93 bits per heavy atom. The van der Waals surface area contributed by atoms with Crippen LogP contribution in [0.3, 0.4) is 0 Å². The zero-order valence-corrected chi connectivity index (χ0v) is 16.1. The number of ether oxygens (including phenoxy) is 2. The van der Waals surface area contributed by atoms with E-state index in [2.05, 4.69) is 10.3 Å². The second-order valence-electron chi connectivity index (χ2n) is 6.43. The molecule has 0 aliphatic heterocycles. The van der Waals surface area contributed by atoms with Crippen molar-refractivity contribution >= 4 is 22.5 Å². The molecule has 2 aromatic carbocycles. The summed E-state index contributed by atoms with van der Waals surface area (Å²) in [6.07, 6.45) is 5.42. The number of anilines is 1. The minimum Gasteiger partial charge on any atom is -0.493 e. The zero-order chi connectivity index (χ0) is 20.2. The molecule has 146 valence electrons. The first-order chi connectivity index (χ1) is 14.2. The third kappa shape index (κ3) is 3.89. The number of pyridine rings is 1. The number of hydrogen-bond donors (Lipinski definition) is 1. The Morgan fingerprint density at radius 1 is 1.07 bits per heavy atom. The van der Waals surface area contributed by atoms with Gasteiger partial charge in [0.2, 0.25) is 5.91 Å².